The average molecular weight is 894 g/mol. The maximum Gasteiger partial charge on any atom is 1.00 e. The maximum absolute atomic E-state index is 13.6. The minimum Gasteiger partial charge on any atom is -0.744 e. The molecule has 0 aliphatic heterocycles. The first-order chi connectivity index (χ1) is 23.8. The van der Waals surface area contributed by atoms with Crippen molar-refractivity contribution in [2.45, 2.75) is 52.5 Å². The predicted molar refractivity (Wildman–Crippen MR) is 176 cm³/mol. The fourth-order valence-corrected chi connectivity index (χ4v) is 7.87. The Morgan fingerprint density at radius 3 is 1.70 bits per heavy atom. The molecule has 54 heavy (non-hydrogen) atoms. The van der Waals surface area contributed by atoms with Crippen LogP contribution in [0.15, 0.2) is 63.2 Å². The number of hydrogen-bond acceptors (Lipinski definition) is 18. The van der Waals surface area contributed by atoms with Crippen molar-refractivity contribution in [1.82, 2.24) is 15.0 Å². The van der Waals surface area contributed by atoms with Gasteiger partial charge in [-0.15, -0.1) is 0 Å². The number of rotatable bonds is 9. The van der Waals surface area contributed by atoms with Gasteiger partial charge >= 0.3 is 154 Å². The van der Waals surface area contributed by atoms with E-state index in [0.717, 1.165) is 6.07 Å². The smallest absolute Gasteiger partial charge is 0.744 e. The molecule has 0 amide bonds. The topological polar surface area (TPSA) is 307 Å². The monoisotopic (exact) mass is 893 g/mol. The molecule has 0 spiro atoms. The van der Waals surface area contributed by atoms with Crippen molar-refractivity contribution in [2.24, 2.45) is 0 Å². The summed E-state index contributed by atoms with van der Waals surface area (Å²) in [5.74, 6) is -1.75. The standard InChI is InChI=1S/C29H26ClN7O11S3.3K/c30-27-35-28(37-29(36-27)34-18-11-15(49(40,41)42)9-10-20(18)50(43,44)45)33-14-7-5-13(6-8-14)32-19-12-21(51(46,47)48)24(31)23-22(19)25(38)16-3-1-2-4-17(16)26(23)39;;;/h1-4,9-14,32H,5-8,31H2,(H,40,41,42)(H,43,44,45)(H,46,47,48)(H2,33,34,35,36,37);;;/q;3*+1/p-3. The Balaban J connectivity index is 0.00000261. The van der Waals surface area contributed by atoms with Crippen LogP contribution in [0, 0.1) is 0 Å². The summed E-state index contributed by atoms with van der Waals surface area (Å²) in [6.07, 6.45) is 1.71. The van der Waals surface area contributed by atoms with Gasteiger partial charge in [0.25, 0.3) is 0 Å². The van der Waals surface area contributed by atoms with Crippen molar-refractivity contribution in [3.8, 4) is 0 Å². The van der Waals surface area contributed by atoms with Crippen LogP contribution < -0.4 is 176 Å². The van der Waals surface area contributed by atoms with Crippen molar-refractivity contribution >= 4 is 82.5 Å². The Bertz CT molecular complexity index is 2490. The molecule has 0 saturated heterocycles. The molecular weight excluding hydrogens is 871 g/mol. The van der Waals surface area contributed by atoms with E-state index in [2.05, 4.69) is 30.9 Å². The summed E-state index contributed by atoms with van der Waals surface area (Å²) in [6, 6.07) is 8.23. The molecule has 0 bridgehead atoms. The fourth-order valence-electron chi connectivity index (χ4n) is 5.97. The number of anilines is 5. The van der Waals surface area contributed by atoms with Gasteiger partial charge in [0.1, 0.15) is 30.4 Å². The van der Waals surface area contributed by atoms with E-state index < -0.39 is 73.9 Å². The Kier molecular flexibility index (Phi) is 17.1. The van der Waals surface area contributed by atoms with Gasteiger partial charge in [-0.3, -0.25) is 9.59 Å². The van der Waals surface area contributed by atoms with Crippen LogP contribution >= 0.6 is 11.6 Å². The van der Waals surface area contributed by atoms with Crippen molar-refractivity contribution < 1.29 is 203 Å². The SMILES string of the molecule is Nc1c(S(=O)(=O)[O-])cc(NC2CCC(Nc3nc(Cl)nc(Nc4cc(S(=O)(=O)[O-])ccc4S(=O)(=O)[O-])n3)CC2)c2c1C(=O)c1ccccc1C2=O.[K+].[K+].[K+]. The summed E-state index contributed by atoms with van der Waals surface area (Å²) >= 11 is 6.04. The first-order valence-electron chi connectivity index (χ1n) is 14.7. The number of nitrogens with one attached hydrogen (secondary N) is 3. The summed E-state index contributed by atoms with van der Waals surface area (Å²) in [5, 5.41) is 8.19. The second kappa shape index (κ2) is 19.0. The summed E-state index contributed by atoms with van der Waals surface area (Å²) < 4.78 is 106. The van der Waals surface area contributed by atoms with E-state index in [1.54, 1.807) is 6.07 Å². The van der Waals surface area contributed by atoms with E-state index in [4.69, 9.17) is 17.3 Å². The van der Waals surface area contributed by atoms with Crippen molar-refractivity contribution in [1.29, 1.82) is 0 Å². The van der Waals surface area contributed by atoms with Gasteiger partial charge in [0, 0.05) is 28.9 Å². The number of carbonyl (C=O) groups is 2. The van der Waals surface area contributed by atoms with Crippen LogP contribution in [0.25, 0.3) is 0 Å². The number of nitrogens with two attached hydrogens (primary N) is 1. The second-order valence-corrected chi connectivity index (χ2v) is 15.9. The molecule has 2 aliphatic rings. The molecule has 25 heteroatoms. The zero-order chi connectivity index (χ0) is 37.0. The van der Waals surface area contributed by atoms with Gasteiger partial charge < -0.3 is 35.3 Å². The van der Waals surface area contributed by atoms with Crippen LogP contribution in [0.1, 0.15) is 57.5 Å². The molecule has 1 heterocycles. The number of nitrogen functional groups attached to an aromatic ring is 1. The van der Waals surface area contributed by atoms with Gasteiger partial charge in [0.05, 0.1) is 37.2 Å². The second-order valence-electron chi connectivity index (χ2n) is 11.5. The third-order valence-corrected chi connectivity index (χ3v) is 11.0. The van der Waals surface area contributed by atoms with E-state index >= 15 is 0 Å². The number of aromatic nitrogens is 3. The molecule has 6 rings (SSSR count). The number of benzene rings is 3. The van der Waals surface area contributed by atoms with Crippen LogP contribution in [0.2, 0.25) is 5.28 Å². The minimum atomic E-state index is -5.15. The number of halogens is 1. The molecule has 1 fully saturated rings. The van der Waals surface area contributed by atoms with Gasteiger partial charge in [-0.25, -0.2) is 25.3 Å². The Morgan fingerprint density at radius 2 is 1.17 bits per heavy atom. The van der Waals surface area contributed by atoms with Crippen molar-refractivity contribution in [2.75, 3.05) is 21.7 Å². The van der Waals surface area contributed by atoms with Crippen LogP contribution in [0.3, 0.4) is 0 Å². The molecular formula is C29H23ClK3N7O11S3. The maximum atomic E-state index is 13.6. The average Bonchev–Trinajstić information content (AvgIpc) is 3.03. The van der Waals surface area contributed by atoms with Crippen LogP contribution in [-0.4, -0.2) is 77.5 Å². The predicted octanol–water partition coefficient (Wildman–Crippen LogP) is -6.81. The first kappa shape index (κ1) is 48.5. The number of ketones is 2. The molecule has 268 valence electrons. The first-order valence-corrected chi connectivity index (χ1v) is 19.3. The van der Waals surface area contributed by atoms with Crippen LogP contribution in [0.4, 0.5) is 29.0 Å². The third-order valence-electron chi connectivity index (χ3n) is 8.25. The zero-order valence-corrected chi connectivity index (χ0v) is 41.2. The van der Waals surface area contributed by atoms with Gasteiger partial charge in [0.2, 0.25) is 17.2 Å². The summed E-state index contributed by atoms with van der Waals surface area (Å²) in [6.45, 7) is 0. The molecule has 18 nitrogen and oxygen atoms in total. The van der Waals surface area contributed by atoms with Crippen molar-refractivity contribution in [3.63, 3.8) is 0 Å². The fraction of sp³-hybridized carbons (Fsp3) is 0.207. The third kappa shape index (κ3) is 10.8. The Labute approximate surface area is 441 Å². The quantitative estimate of drug-likeness (QED) is 0.0607. The number of carbonyl (C=O) groups excluding carboxylic acids is 2. The molecule has 0 radical (unpaired) electrons. The summed E-state index contributed by atoms with van der Waals surface area (Å²) in [7, 11) is -15.3. The molecule has 5 N–H and O–H groups in total. The summed E-state index contributed by atoms with van der Waals surface area (Å²) in [5.41, 5.74) is 4.39. The molecule has 2 aliphatic carbocycles. The minimum absolute atomic E-state index is 0. The number of nitrogens with zero attached hydrogens (tertiary/aromatic N) is 3. The molecule has 4 aromatic rings. The van der Waals surface area contributed by atoms with Crippen molar-refractivity contribution in [3.05, 3.63) is 76.1 Å². The zero-order valence-electron chi connectivity index (χ0n) is 28.6. The largest absolute Gasteiger partial charge is 1.00 e. The molecule has 0 atom stereocenters. The molecule has 3 aromatic carbocycles. The van der Waals surface area contributed by atoms with E-state index in [1.165, 1.54) is 18.2 Å². The van der Waals surface area contributed by atoms with Crippen LogP contribution in [0.5, 0.6) is 0 Å². The Hall–Kier alpha value is 0.139. The van der Waals surface area contributed by atoms with E-state index in [0.29, 0.717) is 43.9 Å². The summed E-state index contributed by atoms with van der Waals surface area (Å²) in [4.78, 5) is 36.4. The van der Waals surface area contributed by atoms with E-state index in [9.17, 15) is 48.5 Å². The van der Waals surface area contributed by atoms with Gasteiger partial charge in [-0.1, -0.05) is 24.3 Å². The molecule has 1 aromatic heterocycles. The molecule has 0 unspecified atom stereocenters. The normalized spacial score (nSPS) is 16.7. The van der Waals surface area contributed by atoms with E-state index in [1.807, 2.05) is 0 Å². The van der Waals surface area contributed by atoms with E-state index in [-0.39, 0.29) is 205 Å². The Morgan fingerprint density at radius 1 is 0.648 bits per heavy atom. The van der Waals surface area contributed by atoms with Gasteiger partial charge in [-0.05, 0) is 61.5 Å². The number of fused-ring (bicyclic) bond motifs is 2. The van der Waals surface area contributed by atoms with Gasteiger partial charge in [-0.2, -0.15) is 15.0 Å². The van der Waals surface area contributed by atoms with Crippen LogP contribution in [-0.2, 0) is 30.4 Å². The van der Waals surface area contributed by atoms with Gasteiger partial charge in [0.15, 0.2) is 11.6 Å². The number of hydrogen-bond donors (Lipinski definition) is 4. The molecule has 1 saturated carbocycles.